The first-order valence-electron chi connectivity index (χ1n) is 7.61. The molecule has 124 valence electrons. The lowest BCUT2D eigenvalue weighted by Crippen LogP contribution is -2.37. The zero-order chi connectivity index (χ0) is 16.8. The molecule has 2 rings (SSSR count). The number of methoxy groups -OCH3 is 1. The van der Waals surface area contributed by atoms with Crippen LogP contribution in [0.2, 0.25) is 0 Å². The molecule has 0 radical (unpaired) electrons. The summed E-state index contributed by atoms with van der Waals surface area (Å²) in [4.78, 5) is 17.5. The molecule has 0 aliphatic rings. The van der Waals surface area contributed by atoms with Crippen LogP contribution in [0.15, 0.2) is 41.8 Å². The van der Waals surface area contributed by atoms with Crippen molar-refractivity contribution in [3.8, 4) is 5.75 Å². The molecule has 1 unspecified atom stereocenters. The zero-order valence-electron chi connectivity index (χ0n) is 14.2. The zero-order valence-corrected chi connectivity index (χ0v) is 15.0. The minimum Gasteiger partial charge on any atom is -0.497 e. The summed E-state index contributed by atoms with van der Waals surface area (Å²) in [6, 6.07) is 12.2. The van der Waals surface area contributed by atoms with Crippen molar-refractivity contribution in [3.63, 3.8) is 0 Å². The first kappa shape index (κ1) is 17.5. The molecule has 0 fully saturated rings. The number of hydrogen-bond acceptors (Lipinski definition) is 4. The molecule has 1 heterocycles. The molecule has 2 aromatic rings. The molecule has 0 bridgehead atoms. The van der Waals surface area contributed by atoms with E-state index in [1.54, 1.807) is 23.3 Å². The van der Waals surface area contributed by atoms with Crippen LogP contribution in [0.3, 0.4) is 0 Å². The van der Waals surface area contributed by atoms with Crippen LogP contribution in [0.4, 0.5) is 0 Å². The van der Waals surface area contributed by atoms with E-state index in [2.05, 4.69) is 23.3 Å². The number of benzene rings is 1. The summed E-state index contributed by atoms with van der Waals surface area (Å²) in [7, 11) is 5.48. The first-order chi connectivity index (χ1) is 11.0. The Balaban J connectivity index is 1.88. The third-order valence-corrected chi connectivity index (χ3v) is 5.05. The molecule has 1 aromatic carbocycles. The number of carbonyl (C=O) groups excluding carboxylic acids is 1. The largest absolute Gasteiger partial charge is 0.497 e. The average molecular weight is 332 g/mol. The van der Waals surface area contributed by atoms with Crippen molar-refractivity contribution >= 4 is 17.2 Å². The van der Waals surface area contributed by atoms with Gasteiger partial charge in [-0.3, -0.25) is 9.69 Å². The number of carbonyl (C=O) groups is 1. The van der Waals surface area contributed by atoms with Crippen molar-refractivity contribution < 1.29 is 9.53 Å². The summed E-state index contributed by atoms with van der Waals surface area (Å²) in [5, 5.41) is 2.07. The molecule has 0 spiro atoms. The second kappa shape index (κ2) is 8.13. The Labute approximate surface area is 142 Å². The topological polar surface area (TPSA) is 32.8 Å². The molecule has 23 heavy (non-hydrogen) atoms. The quantitative estimate of drug-likeness (QED) is 0.779. The second-order valence-corrected chi connectivity index (χ2v) is 6.68. The summed E-state index contributed by atoms with van der Waals surface area (Å²) in [6.07, 6.45) is 0. The highest BCUT2D eigenvalue weighted by molar-refractivity contribution is 7.10. The number of ether oxygens (including phenoxy) is 1. The fourth-order valence-electron chi connectivity index (χ4n) is 2.31. The molecule has 1 atom stereocenters. The molecular weight excluding hydrogens is 308 g/mol. The lowest BCUT2D eigenvalue weighted by molar-refractivity contribution is -0.131. The minimum absolute atomic E-state index is 0.117. The smallest absolute Gasteiger partial charge is 0.236 e. The van der Waals surface area contributed by atoms with Crippen molar-refractivity contribution in [2.24, 2.45) is 0 Å². The number of likely N-dealkylation sites (N-methyl/N-ethyl adjacent to an activating group) is 2. The van der Waals surface area contributed by atoms with Crippen molar-refractivity contribution in [3.05, 3.63) is 52.2 Å². The predicted molar refractivity (Wildman–Crippen MR) is 94.8 cm³/mol. The van der Waals surface area contributed by atoms with Crippen molar-refractivity contribution in [2.45, 2.75) is 19.5 Å². The van der Waals surface area contributed by atoms with Gasteiger partial charge in [0.15, 0.2) is 0 Å². The van der Waals surface area contributed by atoms with E-state index in [-0.39, 0.29) is 11.9 Å². The maximum absolute atomic E-state index is 12.4. The van der Waals surface area contributed by atoms with Crippen LogP contribution in [0.25, 0.3) is 0 Å². The Kier molecular flexibility index (Phi) is 6.19. The van der Waals surface area contributed by atoms with Crippen LogP contribution < -0.4 is 4.74 Å². The molecule has 1 amide bonds. The monoisotopic (exact) mass is 332 g/mol. The normalized spacial score (nSPS) is 12.2. The molecule has 1 aromatic heterocycles. The third kappa shape index (κ3) is 4.81. The van der Waals surface area contributed by atoms with Gasteiger partial charge in [0.2, 0.25) is 5.91 Å². The molecule has 0 saturated heterocycles. The summed E-state index contributed by atoms with van der Waals surface area (Å²) in [6.45, 7) is 3.14. The fourth-order valence-corrected chi connectivity index (χ4v) is 3.16. The highest BCUT2D eigenvalue weighted by Crippen LogP contribution is 2.23. The standard InChI is InChI=1S/C18H24N2O2S/c1-14(17-6-5-11-23-17)19(2)13-18(21)20(3)12-15-7-9-16(22-4)10-8-15/h5-11,14H,12-13H2,1-4H3. The summed E-state index contributed by atoms with van der Waals surface area (Å²) >= 11 is 1.72. The van der Waals surface area contributed by atoms with Crippen LogP contribution in [0, 0.1) is 0 Å². The van der Waals surface area contributed by atoms with Crippen LogP contribution >= 0.6 is 11.3 Å². The van der Waals surface area contributed by atoms with E-state index in [1.807, 2.05) is 44.4 Å². The fraction of sp³-hybridized carbons (Fsp3) is 0.389. The van der Waals surface area contributed by atoms with Gasteiger partial charge < -0.3 is 9.64 Å². The van der Waals surface area contributed by atoms with Crippen LogP contribution in [-0.4, -0.2) is 43.5 Å². The number of amides is 1. The molecule has 0 aliphatic carbocycles. The van der Waals surface area contributed by atoms with Gasteiger partial charge in [-0.05, 0) is 43.1 Å². The van der Waals surface area contributed by atoms with Crippen molar-refractivity contribution in [1.29, 1.82) is 0 Å². The molecule has 0 N–H and O–H groups in total. The van der Waals surface area contributed by atoms with Crippen molar-refractivity contribution in [2.75, 3.05) is 27.7 Å². The van der Waals surface area contributed by atoms with Gasteiger partial charge in [0.05, 0.1) is 13.7 Å². The Morgan fingerprint density at radius 2 is 1.91 bits per heavy atom. The van der Waals surface area contributed by atoms with Gasteiger partial charge in [0.1, 0.15) is 5.75 Å². The summed E-state index contributed by atoms with van der Waals surface area (Å²) < 4.78 is 5.15. The van der Waals surface area contributed by atoms with E-state index in [0.717, 1.165) is 11.3 Å². The first-order valence-corrected chi connectivity index (χ1v) is 8.49. The number of nitrogens with zero attached hydrogens (tertiary/aromatic N) is 2. The number of thiophene rings is 1. The maximum atomic E-state index is 12.4. The summed E-state index contributed by atoms with van der Waals surface area (Å²) in [5.41, 5.74) is 1.09. The van der Waals surface area contributed by atoms with Gasteiger partial charge in [0, 0.05) is 24.5 Å². The van der Waals surface area contributed by atoms with E-state index in [4.69, 9.17) is 4.74 Å². The highest BCUT2D eigenvalue weighted by atomic mass is 32.1. The highest BCUT2D eigenvalue weighted by Gasteiger charge is 2.18. The van der Waals surface area contributed by atoms with Crippen LogP contribution in [0.5, 0.6) is 5.75 Å². The average Bonchev–Trinajstić information content (AvgIpc) is 3.09. The van der Waals surface area contributed by atoms with E-state index in [9.17, 15) is 4.79 Å². The Bertz CT molecular complexity index is 610. The van der Waals surface area contributed by atoms with E-state index < -0.39 is 0 Å². The number of hydrogen-bond donors (Lipinski definition) is 0. The molecule has 0 saturated carbocycles. The SMILES string of the molecule is COc1ccc(CN(C)C(=O)CN(C)C(C)c2cccs2)cc1. The minimum atomic E-state index is 0.117. The van der Waals surface area contributed by atoms with Crippen LogP contribution in [0.1, 0.15) is 23.4 Å². The van der Waals surface area contributed by atoms with Gasteiger partial charge in [-0.15, -0.1) is 11.3 Å². The van der Waals surface area contributed by atoms with Gasteiger partial charge in [-0.2, -0.15) is 0 Å². The van der Waals surface area contributed by atoms with Gasteiger partial charge >= 0.3 is 0 Å². The second-order valence-electron chi connectivity index (χ2n) is 5.70. The lowest BCUT2D eigenvalue weighted by atomic mass is 10.2. The lowest BCUT2D eigenvalue weighted by Gasteiger charge is -2.26. The van der Waals surface area contributed by atoms with E-state index >= 15 is 0 Å². The van der Waals surface area contributed by atoms with Gasteiger partial charge in [-0.25, -0.2) is 0 Å². The van der Waals surface area contributed by atoms with Crippen LogP contribution in [-0.2, 0) is 11.3 Å². The van der Waals surface area contributed by atoms with E-state index in [0.29, 0.717) is 13.1 Å². The molecule has 0 aliphatic heterocycles. The predicted octanol–water partition coefficient (Wildman–Crippen LogP) is 3.41. The Morgan fingerprint density at radius 1 is 1.22 bits per heavy atom. The maximum Gasteiger partial charge on any atom is 0.236 e. The molecular formula is C18H24N2O2S. The number of rotatable bonds is 7. The van der Waals surface area contributed by atoms with Gasteiger partial charge in [-0.1, -0.05) is 18.2 Å². The Hall–Kier alpha value is -1.85. The van der Waals surface area contributed by atoms with Gasteiger partial charge in [0.25, 0.3) is 0 Å². The summed E-state index contributed by atoms with van der Waals surface area (Å²) in [5.74, 6) is 0.943. The Morgan fingerprint density at radius 3 is 2.48 bits per heavy atom. The molecule has 5 heteroatoms. The van der Waals surface area contributed by atoms with E-state index in [1.165, 1.54) is 4.88 Å². The molecule has 4 nitrogen and oxygen atoms in total. The third-order valence-electron chi connectivity index (χ3n) is 4.01. The van der Waals surface area contributed by atoms with Crippen molar-refractivity contribution in [1.82, 2.24) is 9.80 Å².